The number of hydrogen-bond donors (Lipinski definition) is 1. The predicted octanol–water partition coefficient (Wildman–Crippen LogP) is 4.06. The van der Waals surface area contributed by atoms with Crippen molar-refractivity contribution in [2.75, 3.05) is 0 Å². The van der Waals surface area contributed by atoms with Gasteiger partial charge < -0.3 is 5.32 Å². The number of thiazole rings is 1. The molecule has 2 heterocycles. The zero-order chi connectivity index (χ0) is 14.5. The SMILES string of the molecule is C[C@H](NCc1csc(-c2ccccn2)n1)c1ccccc1. The van der Waals surface area contributed by atoms with Gasteiger partial charge in [0.1, 0.15) is 5.01 Å². The molecule has 0 saturated heterocycles. The van der Waals surface area contributed by atoms with Crippen LogP contribution in [0.15, 0.2) is 60.1 Å². The highest BCUT2D eigenvalue weighted by atomic mass is 32.1. The minimum Gasteiger partial charge on any atom is -0.305 e. The molecule has 0 unspecified atom stereocenters. The van der Waals surface area contributed by atoms with Gasteiger partial charge in [0.05, 0.1) is 11.4 Å². The average molecular weight is 295 g/mol. The largest absolute Gasteiger partial charge is 0.305 e. The molecule has 2 aromatic heterocycles. The van der Waals surface area contributed by atoms with Crippen LogP contribution >= 0.6 is 11.3 Å². The Morgan fingerprint density at radius 1 is 1.10 bits per heavy atom. The number of nitrogens with zero attached hydrogens (tertiary/aromatic N) is 2. The van der Waals surface area contributed by atoms with Gasteiger partial charge >= 0.3 is 0 Å². The van der Waals surface area contributed by atoms with Crippen molar-refractivity contribution in [2.45, 2.75) is 19.5 Å². The van der Waals surface area contributed by atoms with Crippen molar-refractivity contribution in [3.05, 3.63) is 71.4 Å². The molecule has 0 radical (unpaired) electrons. The highest BCUT2D eigenvalue weighted by Gasteiger charge is 2.08. The van der Waals surface area contributed by atoms with Gasteiger partial charge in [-0.05, 0) is 24.6 Å². The van der Waals surface area contributed by atoms with Crippen LogP contribution in [0.4, 0.5) is 0 Å². The van der Waals surface area contributed by atoms with E-state index in [1.54, 1.807) is 17.5 Å². The molecule has 0 spiro atoms. The summed E-state index contributed by atoms with van der Waals surface area (Å²) in [5.41, 5.74) is 3.28. The van der Waals surface area contributed by atoms with Crippen LogP contribution < -0.4 is 5.32 Å². The van der Waals surface area contributed by atoms with Crippen molar-refractivity contribution in [3.63, 3.8) is 0 Å². The first kappa shape index (κ1) is 13.9. The van der Waals surface area contributed by atoms with Gasteiger partial charge in [-0.15, -0.1) is 11.3 Å². The maximum atomic E-state index is 4.64. The number of nitrogens with one attached hydrogen (secondary N) is 1. The number of pyridine rings is 1. The van der Waals surface area contributed by atoms with E-state index in [0.29, 0.717) is 6.04 Å². The lowest BCUT2D eigenvalue weighted by atomic mass is 10.1. The second kappa shape index (κ2) is 6.61. The van der Waals surface area contributed by atoms with Gasteiger partial charge in [-0.2, -0.15) is 0 Å². The summed E-state index contributed by atoms with van der Waals surface area (Å²) >= 11 is 1.64. The third-order valence-electron chi connectivity index (χ3n) is 3.32. The maximum absolute atomic E-state index is 4.64. The molecule has 1 atom stereocenters. The summed E-state index contributed by atoms with van der Waals surface area (Å²) in [7, 11) is 0. The normalized spacial score (nSPS) is 12.2. The minimum atomic E-state index is 0.311. The van der Waals surface area contributed by atoms with E-state index in [2.05, 4.69) is 51.9 Å². The molecule has 106 valence electrons. The summed E-state index contributed by atoms with van der Waals surface area (Å²) in [6.07, 6.45) is 1.80. The van der Waals surface area contributed by atoms with Crippen LogP contribution in [0, 0.1) is 0 Å². The molecule has 4 heteroatoms. The van der Waals surface area contributed by atoms with Crippen molar-refractivity contribution in [1.82, 2.24) is 15.3 Å². The van der Waals surface area contributed by atoms with Gasteiger partial charge in [0.25, 0.3) is 0 Å². The third kappa shape index (κ3) is 3.54. The highest BCUT2D eigenvalue weighted by molar-refractivity contribution is 7.13. The highest BCUT2D eigenvalue weighted by Crippen LogP contribution is 2.21. The van der Waals surface area contributed by atoms with Crippen molar-refractivity contribution >= 4 is 11.3 Å². The second-order valence-electron chi connectivity index (χ2n) is 4.87. The van der Waals surface area contributed by atoms with Crippen LogP contribution in [-0.4, -0.2) is 9.97 Å². The fourth-order valence-electron chi connectivity index (χ4n) is 2.11. The summed E-state index contributed by atoms with van der Waals surface area (Å²) in [4.78, 5) is 8.97. The Bertz CT molecular complexity index is 680. The smallest absolute Gasteiger partial charge is 0.142 e. The lowest BCUT2D eigenvalue weighted by molar-refractivity contribution is 0.569. The Hall–Kier alpha value is -2.04. The first-order valence-corrected chi connectivity index (χ1v) is 7.85. The van der Waals surface area contributed by atoms with E-state index < -0.39 is 0 Å². The fourth-order valence-corrected chi connectivity index (χ4v) is 2.91. The van der Waals surface area contributed by atoms with E-state index in [1.165, 1.54) is 5.56 Å². The zero-order valence-corrected chi connectivity index (χ0v) is 12.7. The lowest BCUT2D eigenvalue weighted by Gasteiger charge is -2.12. The van der Waals surface area contributed by atoms with Gasteiger partial charge in [-0.25, -0.2) is 4.98 Å². The molecule has 1 aromatic carbocycles. The van der Waals surface area contributed by atoms with Crippen molar-refractivity contribution in [1.29, 1.82) is 0 Å². The van der Waals surface area contributed by atoms with Gasteiger partial charge in [-0.1, -0.05) is 36.4 Å². The van der Waals surface area contributed by atoms with Crippen molar-refractivity contribution < 1.29 is 0 Å². The quantitative estimate of drug-likeness (QED) is 0.771. The van der Waals surface area contributed by atoms with E-state index in [9.17, 15) is 0 Å². The van der Waals surface area contributed by atoms with Crippen LogP contribution in [0.25, 0.3) is 10.7 Å². The Kier molecular flexibility index (Phi) is 4.38. The molecular weight excluding hydrogens is 278 g/mol. The van der Waals surface area contributed by atoms with Gasteiger partial charge in [0.15, 0.2) is 0 Å². The summed E-state index contributed by atoms with van der Waals surface area (Å²) in [5, 5.41) is 6.57. The summed E-state index contributed by atoms with van der Waals surface area (Å²) < 4.78 is 0. The molecule has 0 aliphatic heterocycles. The molecule has 0 saturated carbocycles. The molecule has 0 aliphatic carbocycles. The molecule has 3 nitrogen and oxygen atoms in total. The third-order valence-corrected chi connectivity index (χ3v) is 4.24. The molecule has 3 aromatic rings. The Morgan fingerprint density at radius 3 is 2.67 bits per heavy atom. The molecule has 3 rings (SSSR count). The maximum Gasteiger partial charge on any atom is 0.142 e. The molecule has 0 aliphatic rings. The van der Waals surface area contributed by atoms with Gasteiger partial charge in [0, 0.05) is 24.2 Å². The standard InChI is InChI=1S/C17H17N3S/c1-13(14-7-3-2-4-8-14)19-11-15-12-21-17(20-15)16-9-5-6-10-18-16/h2-10,12-13,19H,11H2,1H3/t13-/m0/s1. The van der Waals surface area contributed by atoms with Crippen molar-refractivity contribution in [2.24, 2.45) is 0 Å². The van der Waals surface area contributed by atoms with E-state index >= 15 is 0 Å². The molecule has 1 N–H and O–H groups in total. The zero-order valence-electron chi connectivity index (χ0n) is 11.9. The monoisotopic (exact) mass is 295 g/mol. The molecule has 0 amide bonds. The minimum absolute atomic E-state index is 0.311. The molecular formula is C17H17N3S. The number of benzene rings is 1. The van der Waals surface area contributed by atoms with Crippen molar-refractivity contribution in [3.8, 4) is 10.7 Å². The average Bonchev–Trinajstić information content (AvgIpc) is 3.03. The van der Waals surface area contributed by atoms with Crippen LogP contribution in [0.1, 0.15) is 24.2 Å². The van der Waals surface area contributed by atoms with E-state index in [4.69, 9.17) is 0 Å². The summed E-state index contributed by atoms with van der Waals surface area (Å²) in [6.45, 7) is 2.93. The van der Waals surface area contributed by atoms with Gasteiger partial charge in [-0.3, -0.25) is 4.98 Å². The van der Waals surface area contributed by atoms with E-state index in [0.717, 1.165) is 22.9 Å². The van der Waals surface area contributed by atoms with E-state index in [1.807, 2.05) is 24.3 Å². The van der Waals surface area contributed by atoms with Crippen LogP contribution in [0.5, 0.6) is 0 Å². The van der Waals surface area contributed by atoms with Crippen LogP contribution in [0.3, 0.4) is 0 Å². The first-order valence-electron chi connectivity index (χ1n) is 6.97. The topological polar surface area (TPSA) is 37.8 Å². The fraction of sp³-hybridized carbons (Fsp3) is 0.176. The van der Waals surface area contributed by atoms with Gasteiger partial charge in [0.2, 0.25) is 0 Å². The number of aromatic nitrogens is 2. The second-order valence-corrected chi connectivity index (χ2v) is 5.73. The van der Waals surface area contributed by atoms with Crippen LogP contribution in [0.2, 0.25) is 0 Å². The van der Waals surface area contributed by atoms with E-state index in [-0.39, 0.29) is 0 Å². The lowest BCUT2D eigenvalue weighted by Crippen LogP contribution is -2.18. The predicted molar refractivity (Wildman–Crippen MR) is 87.0 cm³/mol. The molecule has 0 bridgehead atoms. The summed E-state index contributed by atoms with van der Waals surface area (Å²) in [6, 6.07) is 16.6. The van der Waals surface area contributed by atoms with Crippen LogP contribution in [-0.2, 0) is 6.54 Å². The first-order chi connectivity index (χ1) is 10.3. The Labute approximate surface area is 128 Å². The Morgan fingerprint density at radius 2 is 1.90 bits per heavy atom. The molecule has 21 heavy (non-hydrogen) atoms. The summed E-state index contributed by atoms with van der Waals surface area (Å²) in [5.74, 6) is 0. The Balaban J connectivity index is 1.63. The molecule has 0 fully saturated rings. The number of rotatable bonds is 5. The number of hydrogen-bond acceptors (Lipinski definition) is 4.